The molecule has 19 heavy (non-hydrogen) atoms. The normalized spacial score (nSPS) is 11.9. The molecule has 0 radical (unpaired) electrons. The van der Waals surface area contributed by atoms with E-state index in [4.69, 9.17) is 4.98 Å². The van der Waals surface area contributed by atoms with Crippen molar-refractivity contribution in [3.63, 3.8) is 0 Å². The lowest BCUT2D eigenvalue weighted by molar-refractivity contribution is 0.421. The molecule has 0 atom stereocenters. The Balaban J connectivity index is 2.76. The Kier molecular flexibility index (Phi) is 5.80. The van der Waals surface area contributed by atoms with Crippen molar-refractivity contribution in [3.8, 4) is 0 Å². The van der Waals surface area contributed by atoms with E-state index >= 15 is 0 Å². The third-order valence-electron chi connectivity index (χ3n) is 3.44. The van der Waals surface area contributed by atoms with Crippen molar-refractivity contribution < 1.29 is 0 Å². The first-order valence-electron chi connectivity index (χ1n) is 7.31. The Morgan fingerprint density at radius 2 is 1.84 bits per heavy atom. The molecule has 108 valence electrons. The summed E-state index contributed by atoms with van der Waals surface area (Å²) in [4.78, 5) is 7.05. The molecule has 0 bridgehead atoms. The average molecular weight is 263 g/mol. The van der Waals surface area contributed by atoms with E-state index in [-0.39, 0.29) is 5.54 Å². The van der Waals surface area contributed by atoms with Crippen molar-refractivity contribution in [3.05, 3.63) is 23.9 Å². The quantitative estimate of drug-likeness (QED) is 0.850. The smallest absolute Gasteiger partial charge is 0.128 e. The number of rotatable bonds is 6. The minimum Gasteiger partial charge on any atom is -0.357 e. The number of hydrogen-bond donors (Lipinski definition) is 1. The van der Waals surface area contributed by atoms with Gasteiger partial charge in [0.25, 0.3) is 0 Å². The van der Waals surface area contributed by atoms with Gasteiger partial charge in [-0.05, 0) is 45.7 Å². The molecule has 0 aliphatic heterocycles. The Bertz CT molecular complexity index is 378. The number of pyridine rings is 1. The Hall–Kier alpha value is -1.09. The lowest BCUT2D eigenvalue weighted by atomic mass is 10.1. The van der Waals surface area contributed by atoms with Crippen molar-refractivity contribution in [1.29, 1.82) is 0 Å². The SMILES string of the molecule is CCC(CC)N(C)c1cccc(CNC(C)(C)C)n1. The molecule has 3 heteroatoms. The van der Waals surface area contributed by atoms with Crippen LogP contribution in [-0.4, -0.2) is 23.6 Å². The second kappa shape index (κ2) is 6.90. The van der Waals surface area contributed by atoms with Crippen LogP contribution < -0.4 is 10.2 Å². The molecule has 0 aliphatic rings. The minimum atomic E-state index is 0.124. The van der Waals surface area contributed by atoms with E-state index in [1.165, 1.54) is 0 Å². The summed E-state index contributed by atoms with van der Waals surface area (Å²) in [6.07, 6.45) is 2.30. The van der Waals surface area contributed by atoms with E-state index in [2.05, 4.69) is 70.1 Å². The molecule has 0 saturated heterocycles. The fourth-order valence-corrected chi connectivity index (χ4v) is 2.14. The predicted molar refractivity (Wildman–Crippen MR) is 83.6 cm³/mol. The molecule has 1 rings (SSSR count). The first kappa shape index (κ1) is 16.0. The fourth-order valence-electron chi connectivity index (χ4n) is 2.14. The zero-order valence-corrected chi connectivity index (χ0v) is 13.3. The van der Waals surface area contributed by atoms with Gasteiger partial charge in [-0.2, -0.15) is 0 Å². The van der Waals surface area contributed by atoms with Crippen molar-refractivity contribution in [2.45, 2.75) is 65.6 Å². The molecule has 0 aliphatic carbocycles. The summed E-state index contributed by atoms with van der Waals surface area (Å²) in [6.45, 7) is 11.8. The second-order valence-corrected chi connectivity index (χ2v) is 6.17. The first-order chi connectivity index (χ1) is 8.87. The molecule has 1 aromatic rings. The van der Waals surface area contributed by atoms with E-state index in [1.54, 1.807) is 0 Å². The Morgan fingerprint density at radius 1 is 1.21 bits per heavy atom. The van der Waals surface area contributed by atoms with E-state index in [0.29, 0.717) is 6.04 Å². The lowest BCUT2D eigenvalue weighted by Crippen LogP contribution is -2.35. The first-order valence-corrected chi connectivity index (χ1v) is 7.31. The van der Waals surface area contributed by atoms with E-state index in [0.717, 1.165) is 30.9 Å². The number of aromatic nitrogens is 1. The van der Waals surface area contributed by atoms with Gasteiger partial charge in [-0.15, -0.1) is 0 Å². The number of hydrogen-bond acceptors (Lipinski definition) is 3. The van der Waals surface area contributed by atoms with Gasteiger partial charge in [0.1, 0.15) is 5.82 Å². The van der Waals surface area contributed by atoms with Crippen LogP contribution in [0.5, 0.6) is 0 Å². The van der Waals surface area contributed by atoms with Gasteiger partial charge >= 0.3 is 0 Å². The topological polar surface area (TPSA) is 28.2 Å². The summed E-state index contributed by atoms with van der Waals surface area (Å²) >= 11 is 0. The molecule has 1 aromatic heterocycles. The number of nitrogens with zero attached hydrogens (tertiary/aromatic N) is 2. The minimum absolute atomic E-state index is 0.124. The predicted octanol–water partition coefficient (Wildman–Crippen LogP) is 3.59. The highest BCUT2D eigenvalue weighted by atomic mass is 15.2. The fraction of sp³-hybridized carbons (Fsp3) is 0.688. The van der Waals surface area contributed by atoms with E-state index < -0.39 is 0 Å². The van der Waals surface area contributed by atoms with Crippen molar-refractivity contribution in [2.75, 3.05) is 11.9 Å². The standard InChI is InChI=1S/C16H29N3/c1-7-14(8-2)19(6)15-11-9-10-13(18-15)12-17-16(3,4)5/h9-11,14,17H,7-8,12H2,1-6H3. The van der Waals surface area contributed by atoms with Crippen LogP contribution in [0, 0.1) is 0 Å². The zero-order chi connectivity index (χ0) is 14.5. The van der Waals surface area contributed by atoms with Crippen LogP contribution in [0.15, 0.2) is 18.2 Å². The summed E-state index contributed by atoms with van der Waals surface area (Å²) in [5.74, 6) is 1.07. The van der Waals surface area contributed by atoms with Gasteiger partial charge in [0.15, 0.2) is 0 Å². The average Bonchev–Trinajstić information content (AvgIpc) is 2.37. The molecule has 0 amide bonds. The molecule has 3 nitrogen and oxygen atoms in total. The molecule has 0 unspecified atom stereocenters. The highest BCUT2D eigenvalue weighted by Gasteiger charge is 2.13. The second-order valence-electron chi connectivity index (χ2n) is 6.17. The summed E-state index contributed by atoms with van der Waals surface area (Å²) in [5.41, 5.74) is 1.23. The van der Waals surface area contributed by atoms with Gasteiger partial charge in [-0.1, -0.05) is 19.9 Å². The van der Waals surface area contributed by atoms with Crippen LogP contribution in [-0.2, 0) is 6.54 Å². The Morgan fingerprint density at radius 3 is 2.37 bits per heavy atom. The molecule has 0 spiro atoms. The van der Waals surface area contributed by atoms with Crippen LogP contribution in [0.25, 0.3) is 0 Å². The third-order valence-corrected chi connectivity index (χ3v) is 3.44. The molecule has 1 N–H and O–H groups in total. The highest BCUT2D eigenvalue weighted by Crippen LogP contribution is 2.16. The van der Waals surface area contributed by atoms with E-state index in [1.807, 2.05) is 0 Å². The summed E-state index contributed by atoms with van der Waals surface area (Å²) in [6, 6.07) is 6.85. The maximum absolute atomic E-state index is 4.76. The monoisotopic (exact) mass is 263 g/mol. The van der Waals surface area contributed by atoms with Crippen molar-refractivity contribution >= 4 is 5.82 Å². The number of anilines is 1. The summed E-state index contributed by atoms with van der Waals surface area (Å²) < 4.78 is 0. The number of nitrogens with one attached hydrogen (secondary N) is 1. The van der Waals surface area contributed by atoms with Crippen LogP contribution in [0.2, 0.25) is 0 Å². The van der Waals surface area contributed by atoms with Gasteiger partial charge in [0.2, 0.25) is 0 Å². The largest absolute Gasteiger partial charge is 0.357 e. The Labute approximate surface area is 118 Å². The third kappa shape index (κ3) is 5.19. The van der Waals surface area contributed by atoms with Crippen molar-refractivity contribution in [1.82, 2.24) is 10.3 Å². The highest BCUT2D eigenvalue weighted by molar-refractivity contribution is 5.39. The van der Waals surface area contributed by atoms with E-state index in [9.17, 15) is 0 Å². The van der Waals surface area contributed by atoms with Crippen LogP contribution >= 0.6 is 0 Å². The van der Waals surface area contributed by atoms with Gasteiger partial charge < -0.3 is 10.2 Å². The maximum Gasteiger partial charge on any atom is 0.128 e. The molecule has 0 fully saturated rings. The molecular weight excluding hydrogens is 234 g/mol. The van der Waals surface area contributed by atoms with Gasteiger partial charge in [0.05, 0.1) is 5.69 Å². The molecular formula is C16H29N3. The molecule has 0 aromatic carbocycles. The molecule has 0 saturated carbocycles. The van der Waals surface area contributed by atoms with Crippen LogP contribution in [0.4, 0.5) is 5.82 Å². The van der Waals surface area contributed by atoms with Crippen LogP contribution in [0.3, 0.4) is 0 Å². The zero-order valence-electron chi connectivity index (χ0n) is 13.3. The van der Waals surface area contributed by atoms with Crippen molar-refractivity contribution in [2.24, 2.45) is 0 Å². The van der Waals surface area contributed by atoms with Gasteiger partial charge in [-0.3, -0.25) is 0 Å². The maximum atomic E-state index is 4.76. The van der Waals surface area contributed by atoms with Gasteiger partial charge in [-0.25, -0.2) is 4.98 Å². The van der Waals surface area contributed by atoms with Gasteiger partial charge in [0, 0.05) is 25.2 Å². The lowest BCUT2D eigenvalue weighted by Gasteiger charge is -2.28. The summed E-state index contributed by atoms with van der Waals surface area (Å²) in [5, 5.41) is 3.48. The molecule has 1 heterocycles. The van der Waals surface area contributed by atoms with Crippen LogP contribution in [0.1, 0.15) is 53.2 Å². The summed E-state index contributed by atoms with van der Waals surface area (Å²) in [7, 11) is 2.14.